The summed E-state index contributed by atoms with van der Waals surface area (Å²) in [4.78, 5) is 44.0. The van der Waals surface area contributed by atoms with Crippen LogP contribution in [0.4, 0.5) is 11.4 Å². The number of benzene rings is 3. The van der Waals surface area contributed by atoms with Gasteiger partial charge in [0.2, 0.25) is 11.8 Å². The molecule has 3 aromatic carbocycles. The van der Waals surface area contributed by atoms with Crippen LogP contribution < -0.4 is 19.9 Å². The lowest BCUT2D eigenvalue weighted by Crippen LogP contribution is -2.54. The summed E-state index contributed by atoms with van der Waals surface area (Å²) < 4.78 is 30.8. The molecule has 1 aliphatic heterocycles. The fourth-order valence-electron chi connectivity index (χ4n) is 5.43. The van der Waals surface area contributed by atoms with Gasteiger partial charge in [-0.3, -0.25) is 14.4 Å². The second-order valence-corrected chi connectivity index (χ2v) is 13.5. The molecule has 0 fully saturated rings. The molecule has 0 aromatic heterocycles. The normalized spacial score (nSPS) is 15.7. The molecule has 0 aliphatic carbocycles. The van der Waals surface area contributed by atoms with Crippen molar-refractivity contribution in [2.75, 3.05) is 35.5 Å². The number of nitrogens with one attached hydrogen (secondary N) is 1. The third-order valence-corrected chi connectivity index (χ3v) is 8.97. The van der Waals surface area contributed by atoms with Crippen LogP contribution in [0.25, 0.3) is 10.8 Å². The number of halogens is 2. The van der Waals surface area contributed by atoms with E-state index in [1.807, 2.05) is 44.2 Å². The summed E-state index contributed by atoms with van der Waals surface area (Å²) in [5.74, 6) is -1.80. The van der Waals surface area contributed by atoms with Gasteiger partial charge >= 0.3 is 0 Å². The van der Waals surface area contributed by atoms with Crippen molar-refractivity contribution >= 4 is 78.0 Å². The van der Waals surface area contributed by atoms with E-state index < -0.39 is 33.4 Å². The third kappa shape index (κ3) is 7.69. The minimum absolute atomic E-state index is 0. The van der Waals surface area contributed by atoms with Crippen molar-refractivity contribution in [1.29, 1.82) is 0 Å². The Morgan fingerprint density at radius 1 is 1.05 bits per heavy atom. The van der Waals surface area contributed by atoms with Crippen LogP contribution in [0.1, 0.15) is 38.7 Å². The average Bonchev–Trinajstić information content (AvgIpc) is 3.06. The zero-order chi connectivity index (χ0) is 30.6. The molecule has 1 aliphatic rings. The fraction of sp³-hybridized carbons (Fsp3) is 0.387. The van der Waals surface area contributed by atoms with Crippen LogP contribution in [0.5, 0.6) is 5.75 Å². The Hall–Kier alpha value is -3.15. The van der Waals surface area contributed by atoms with Crippen molar-refractivity contribution in [2.45, 2.75) is 45.7 Å². The Balaban J connectivity index is 0.00000506. The third-order valence-electron chi connectivity index (χ3n) is 7.51. The predicted molar refractivity (Wildman–Crippen MR) is 176 cm³/mol. The molecule has 4 rings (SSSR count). The summed E-state index contributed by atoms with van der Waals surface area (Å²) in [6.07, 6.45) is 3.06. The lowest BCUT2D eigenvalue weighted by atomic mass is 9.99. The molecule has 9 nitrogen and oxygen atoms in total. The molecule has 12 heteroatoms. The largest absolute Gasteiger partial charge is 0.496 e. The maximum absolute atomic E-state index is 14.4. The number of ether oxygens (including phenoxy) is 1. The van der Waals surface area contributed by atoms with E-state index in [1.54, 1.807) is 36.3 Å². The zero-order valence-electron chi connectivity index (χ0n) is 24.6. The van der Waals surface area contributed by atoms with Crippen LogP contribution in [0.2, 0.25) is 0 Å². The smallest absolute Gasteiger partial charge is 0.251 e. The minimum atomic E-state index is -3.66. The monoisotopic (exact) mass is 693 g/mol. The van der Waals surface area contributed by atoms with E-state index in [2.05, 4.69) is 21.2 Å². The van der Waals surface area contributed by atoms with Crippen LogP contribution in [0.3, 0.4) is 0 Å². The van der Waals surface area contributed by atoms with Crippen LogP contribution in [-0.4, -0.2) is 57.8 Å². The highest BCUT2D eigenvalue weighted by molar-refractivity contribution is 9.10. The first-order valence-electron chi connectivity index (χ1n) is 13.9. The Bertz CT molecular complexity index is 1620. The highest BCUT2D eigenvalue weighted by atomic mass is 79.9. The van der Waals surface area contributed by atoms with E-state index >= 15 is 0 Å². The zero-order valence-corrected chi connectivity index (χ0v) is 27.9. The van der Waals surface area contributed by atoms with Gasteiger partial charge in [-0.25, -0.2) is 8.42 Å². The van der Waals surface area contributed by atoms with Crippen molar-refractivity contribution in [3.05, 3.63) is 64.6 Å². The number of carbonyl (C=O) groups is 3. The Morgan fingerprint density at radius 2 is 1.74 bits per heavy atom. The van der Waals surface area contributed by atoms with E-state index in [0.717, 1.165) is 33.5 Å². The molecule has 0 radical (unpaired) electrons. The van der Waals surface area contributed by atoms with Gasteiger partial charge in [-0.1, -0.05) is 60.5 Å². The second kappa shape index (κ2) is 14.5. The van der Waals surface area contributed by atoms with Crippen molar-refractivity contribution < 1.29 is 27.5 Å². The van der Waals surface area contributed by atoms with Crippen molar-refractivity contribution in [3.8, 4) is 5.75 Å². The molecule has 1 N–H and O–H groups in total. The molecule has 0 spiro atoms. The Morgan fingerprint density at radius 3 is 2.37 bits per heavy atom. The van der Waals surface area contributed by atoms with E-state index in [4.69, 9.17) is 4.74 Å². The maximum Gasteiger partial charge on any atom is 0.251 e. The predicted octanol–water partition coefficient (Wildman–Crippen LogP) is 5.27. The number of para-hydroxylation sites is 2. The number of amides is 3. The number of hydrogen-bond donors (Lipinski definition) is 1. The molecule has 2 atom stereocenters. The van der Waals surface area contributed by atoms with Gasteiger partial charge in [0.25, 0.3) is 5.91 Å². The standard InChI is InChI=1S/C31H36BrN3O6S.ClH/c1-5-10-20(6-2)30(37)33-25-18-34(29(36)19-42(4,39)40)26-13-7-8-14-27(26)35(31(25)38)17-23-21-11-9-12-24(32)22(21)15-16-28(23)41-3;/h7-9,11-16,20,25H,5-6,10,17-19H2,1-4H3,(H,33,37);1H/t20-,25+;/m1./s1. The quantitative estimate of drug-likeness (QED) is 0.310. The van der Waals surface area contributed by atoms with Crippen LogP contribution >= 0.6 is 28.3 Å². The van der Waals surface area contributed by atoms with Gasteiger partial charge in [-0.15, -0.1) is 12.4 Å². The van der Waals surface area contributed by atoms with Crippen LogP contribution in [-0.2, 0) is 30.8 Å². The minimum Gasteiger partial charge on any atom is -0.496 e. The lowest BCUT2D eigenvalue weighted by Gasteiger charge is -2.27. The number of carbonyl (C=O) groups excluding carboxylic acids is 3. The molecule has 3 amide bonds. The SMILES string of the molecule is CCC[C@@H](CC)C(=O)N[C@H]1CN(C(=O)CS(C)(=O)=O)c2ccccc2N(Cc2c(OC)ccc3c(Br)cccc23)C1=O.Cl. The summed E-state index contributed by atoms with van der Waals surface area (Å²) >= 11 is 3.61. The first-order valence-corrected chi connectivity index (χ1v) is 16.8. The van der Waals surface area contributed by atoms with Crippen LogP contribution in [0, 0.1) is 5.92 Å². The van der Waals surface area contributed by atoms with Gasteiger partial charge in [0.05, 0.1) is 31.6 Å². The summed E-state index contributed by atoms with van der Waals surface area (Å²) in [6.45, 7) is 3.79. The molecule has 0 unspecified atom stereocenters. The number of nitrogens with zero attached hydrogens (tertiary/aromatic N) is 2. The van der Waals surface area contributed by atoms with E-state index in [1.165, 1.54) is 4.90 Å². The van der Waals surface area contributed by atoms with Gasteiger partial charge in [-0.2, -0.15) is 0 Å². The number of anilines is 2. The number of methoxy groups -OCH3 is 1. The van der Waals surface area contributed by atoms with Crippen molar-refractivity contribution in [1.82, 2.24) is 5.32 Å². The molecule has 0 saturated carbocycles. The fourth-order valence-corrected chi connectivity index (χ4v) is 6.53. The van der Waals surface area contributed by atoms with E-state index in [9.17, 15) is 22.8 Å². The Kier molecular flexibility index (Phi) is 11.6. The Labute approximate surface area is 267 Å². The molecular formula is C31H37BrClN3O6S. The van der Waals surface area contributed by atoms with Crippen molar-refractivity contribution in [3.63, 3.8) is 0 Å². The molecule has 3 aromatic rings. The topological polar surface area (TPSA) is 113 Å². The van der Waals surface area contributed by atoms with Gasteiger partial charge < -0.3 is 19.9 Å². The van der Waals surface area contributed by atoms with Gasteiger partial charge in [0.15, 0.2) is 9.84 Å². The summed E-state index contributed by atoms with van der Waals surface area (Å²) in [6, 6.07) is 15.3. The maximum atomic E-state index is 14.4. The highest BCUT2D eigenvalue weighted by Crippen LogP contribution is 2.38. The van der Waals surface area contributed by atoms with Gasteiger partial charge in [0, 0.05) is 22.2 Å². The number of rotatable bonds is 10. The number of fused-ring (bicyclic) bond motifs is 2. The first-order chi connectivity index (χ1) is 20.0. The summed E-state index contributed by atoms with van der Waals surface area (Å²) in [5, 5.41) is 4.71. The highest BCUT2D eigenvalue weighted by Gasteiger charge is 2.38. The first kappa shape index (κ1) is 34.3. The van der Waals surface area contributed by atoms with Gasteiger partial charge in [-0.05, 0) is 53.9 Å². The molecular weight excluding hydrogens is 658 g/mol. The van der Waals surface area contributed by atoms with Crippen LogP contribution in [0.15, 0.2) is 59.1 Å². The average molecular weight is 695 g/mol. The number of hydrogen-bond acceptors (Lipinski definition) is 6. The van der Waals surface area contributed by atoms with E-state index in [-0.39, 0.29) is 37.3 Å². The molecule has 0 bridgehead atoms. The molecule has 232 valence electrons. The van der Waals surface area contributed by atoms with Gasteiger partial charge in [0.1, 0.15) is 17.5 Å². The summed E-state index contributed by atoms with van der Waals surface area (Å²) in [5.41, 5.74) is 1.56. The molecule has 1 heterocycles. The van der Waals surface area contributed by atoms with Crippen molar-refractivity contribution in [2.24, 2.45) is 5.92 Å². The second-order valence-electron chi connectivity index (χ2n) is 10.5. The number of sulfone groups is 1. The van der Waals surface area contributed by atoms with E-state index in [0.29, 0.717) is 30.0 Å². The molecule has 43 heavy (non-hydrogen) atoms. The summed E-state index contributed by atoms with van der Waals surface area (Å²) in [7, 11) is -2.10. The lowest BCUT2D eigenvalue weighted by molar-refractivity contribution is -0.130. The molecule has 0 saturated heterocycles.